The molecule has 2 amide bonds. The number of nitrogen functional groups attached to an aromatic ring is 1. The van der Waals surface area contributed by atoms with Gasteiger partial charge in [-0.25, -0.2) is 0 Å². The molecule has 0 atom stereocenters. The summed E-state index contributed by atoms with van der Waals surface area (Å²) in [6, 6.07) is 4.80. The van der Waals surface area contributed by atoms with Gasteiger partial charge in [0.25, 0.3) is 5.91 Å². The number of benzene rings is 1. The second-order valence-corrected chi connectivity index (χ2v) is 5.32. The molecule has 0 heterocycles. The standard InChI is InChI=1S/C15H23N3O3/c1-10(2)8-17-14(19)9-18(3)15(20)11-5-6-13(21-4)12(16)7-11/h5-7,10H,8-9,16H2,1-4H3,(H,17,19). The van der Waals surface area contributed by atoms with Gasteiger partial charge in [0.1, 0.15) is 5.75 Å². The minimum Gasteiger partial charge on any atom is -0.495 e. The Kier molecular flexibility index (Phi) is 6.02. The zero-order valence-corrected chi connectivity index (χ0v) is 13.0. The molecule has 1 rings (SSSR count). The first kappa shape index (κ1) is 16.8. The van der Waals surface area contributed by atoms with E-state index in [1.165, 1.54) is 12.0 Å². The molecule has 0 saturated carbocycles. The van der Waals surface area contributed by atoms with Gasteiger partial charge in [-0.15, -0.1) is 0 Å². The molecular formula is C15H23N3O3. The summed E-state index contributed by atoms with van der Waals surface area (Å²) in [5.74, 6) is 0.449. The third-order valence-electron chi connectivity index (χ3n) is 2.91. The first-order valence-corrected chi connectivity index (χ1v) is 6.80. The molecule has 1 aromatic rings. The molecule has 21 heavy (non-hydrogen) atoms. The van der Waals surface area contributed by atoms with Crippen LogP contribution in [-0.4, -0.2) is 44.0 Å². The second-order valence-electron chi connectivity index (χ2n) is 5.32. The van der Waals surface area contributed by atoms with Crippen LogP contribution in [0.15, 0.2) is 18.2 Å². The van der Waals surface area contributed by atoms with Crippen molar-refractivity contribution in [2.45, 2.75) is 13.8 Å². The van der Waals surface area contributed by atoms with E-state index in [1.54, 1.807) is 25.2 Å². The van der Waals surface area contributed by atoms with Crippen LogP contribution >= 0.6 is 0 Å². The Labute approximate surface area is 125 Å². The maximum Gasteiger partial charge on any atom is 0.254 e. The van der Waals surface area contributed by atoms with Crippen molar-refractivity contribution in [1.29, 1.82) is 0 Å². The van der Waals surface area contributed by atoms with Crippen LogP contribution in [-0.2, 0) is 4.79 Å². The smallest absolute Gasteiger partial charge is 0.254 e. The predicted octanol–water partition coefficient (Wildman–Crippen LogP) is 1.12. The average Bonchev–Trinajstić information content (AvgIpc) is 2.44. The molecule has 0 aromatic heterocycles. The van der Waals surface area contributed by atoms with Gasteiger partial charge in [0.05, 0.1) is 19.3 Å². The van der Waals surface area contributed by atoms with E-state index in [1.807, 2.05) is 13.8 Å². The number of likely N-dealkylation sites (N-methyl/N-ethyl adjacent to an activating group) is 1. The molecule has 0 saturated heterocycles. The maximum absolute atomic E-state index is 12.2. The number of anilines is 1. The van der Waals surface area contributed by atoms with Gasteiger partial charge >= 0.3 is 0 Å². The number of carbonyl (C=O) groups is 2. The van der Waals surface area contributed by atoms with Crippen LogP contribution in [0.3, 0.4) is 0 Å². The highest BCUT2D eigenvalue weighted by Gasteiger charge is 2.16. The van der Waals surface area contributed by atoms with E-state index >= 15 is 0 Å². The van der Waals surface area contributed by atoms with Crippen molar-refractivity contribution in [2.24, 2.45) is 5.92 Å². The molecule has 6 nitrogen and oxygen atoms in total. The van der Waals surface area contributed by atoms with E-state index in [0.717, 1.165) is 0 Å². The normalized spacial score (nSPS) is 10.3. The van der Waals surface area contributed by atoms with Gasteiger partial charge in [0.2, 0.25) is 5.91 Å². The fourth-order valence-corrected chi connectivity index (χ4v) is 1.75. The van der Waals surface area contributed by atoms with Crippen molar-refractivity contribution >= 4 is 17.5 Å². The highest BCUT2D eigenvalue weighted by molar-refractivity contribution is 5.97. The van der Waals surface area contributed by atoms with Gasteiger partial charge in [-0.1, -0.05) is 13.8 Å². The fourth-order valence-electron chi connectivity index (χ4n) is 1.75. The number of hydrogen-bond acceptors (Lipinski definition) is 4. The Bertz CT molecular complexity index is 515. The summed E-state index contributed by atoms with van der Waals surface area (Å²) in [6.07, 6.45) is 0. The Morgan fingerprint density at radius 1 is 1.38 bits per heavy atom. The van der Waals surface area contributed by atoms with Crippen LogP contribution in [0.2, 0.25) is 0 Å². The van der Waals surface area contributed by atoms with Crippen molar-refractivity contribution in [3.05, 3.63) is 23.8 Å². The van der Waals surface area contributed by atoms with E-state index in [9.17, 15) is 9.59 Å². The number of nitrogens with one attached hydrogen (secondary N) is 1. The number of ether oxygens (including phenoxy) is 1. The van der Waals surface area contributed by atoms with Gasteiger partial charge in [0.15, 0.2) is 0 Å². The molecule has 3 N–H and O–H groups in total. The topological polar surface area (TPSA) is 84.7 Å². The minimum atomic E-state index is -0.260. The summed E-state index contributed by atoms with van der Waals surface area (Å²) in [7, 11) is 3.09. The number of rotatable bonds is 6. The Morgan fingerprint density at radius 3 is 2.57 bits per heavy atom. The second kappa shape index (κ2) is 7.52. The summed E-state index contributed by atoms with van der Waals surface area (Å²) in [6.45, 7) is 4.62. The van der Waals surface area contributed by atoms with Crippen molar-refractivity contribution < 1.29 is 14.3 Å². The van der Waals surface area contributed by atoms with Gasteiger partial charge < -0.3 is 20.7 Å². The zero-order valence-electron chi connectivity index (χ0n) is 13.0. The number of hydrogen-bond donors (Lipinski definition) is 2. The van der Waals surface area contributed by atoms with Crippen molar-refractivity contribution in [3.8, 4) is 5.75 Å². The molecule has 0 fully saturated rings. The largest absolute Gasteiger partial charge is 0.495 e. The van der Waals surface area contributed by atoms with Crippen molar-refractivity contribution in [1.82, 2.24) is 10.2 Å². The summed E-state index contributed by atoms with van der Waals surface area (Å²) < 4.78 is 5.05. The molecule has 116 valence electrons. The minimum absolute atomic E-state index is 0.0114. The summed E-state index contributed by atoms with van der Waals surface area (Å²) in [5.41, 5.74) is 6.59. The van der Waals surface area contributed by atoms with Gasteiger partial charge in [0, 0.05) is 19.2 Å². The van der Waals surface area contributed by atoms with Crippen molar-refractivity contribution in [3.63, 3.8) is 0 Å². The van der Waals surface area contributed by atoms with E-state index < -0.39 is 0 Å². The highest BCUT2D eigenvalue weighted by Crippen LogP contribution is 2.22. The fraction of sp³-hybridized carbons (Fsp3) is 0.467. The van der Waals surface area contributed by atoms with E-state index in [4.69, 9.17) is 10.5 Å². The first-order valence-electron chi connectivity index (χ1n) is 6.80. The molecule has 6 heteroatoms. The number of methoxy groups -OCH3 is 1. The maximum atomic E-state index is 12.2. The number of nitrogens with zero attached hydrogens (tertiary/aromatic N) is 1. The monoisotopic (exact) mass is 293 g/mol. The quantitative estimate of drug-likeness (QED) is 0.770. The van der Waals surface area contributed by atoms with Crippen LogP contribution in [0.1, 0.15) is 24.2 Å². The molecule has 1 aromatic carbocycles. The van der Waals surface area contributed by atoms with Gasteiger partial charge in [-0.2, -0.15) is 0 Å². The predicted molar refractivity (Wildman–Crippen MR) is 82.2 cm³/mol. The first-order chi connectivity index (χ1) is 9.85. The van der Waals surface area contributed by atoms with Gasteiger partial charge in [-0.05, 0) is 24.1 Å². The summed E-state index contributed by atoms with van der Waals surface area (Å²) in [4.78, 5) is 25.3. The molecule has 0 aliphatic heterocycles. The van der Waals surface area contributed by atoms with Crippen LogP contribution in [0.4, 0.5) is 5.69 Å². The summed E-state index contributed by atoms with van der Waals surface area (Å²) >= 11 is 0. The molecule has 0 bridgehead atoms. The zero-order chi connectivity index (χ0) is 16.0. The van der Waals surface area contributed by atoms with Crippen LogP contribution in [0, 0.1) is 5.92 Å². The molecule has 0 spiro atoms. The molecule has 0 aliphatic rings. The number of nitrogens with two attached hydrogens (primary N) is 1. The van der Waals surface area contributed by atoms with E-state index in [2.05, 4.69) is 5.32 Å². The third kappa shape index (κ3) is 4.98. The third-order valence-corrected chi connectivity index (χ3v) is 2.91. The summed E-state index contributed by atoms with van der Waals surface area (Å²) in [5, 5.41) is 2.77. The lowest BCUT2D eigenvalue weighted by Gasteiger charge is -2.18. The van der Waals surface area contributed by atoms with Gasteiger partial charge in [-0.3, -0.25) is 9.59 Å². The van der Waals surface area contributed by atoms with Crippen molar-refractivity contribution in [2.75, 3.05) is 33.0 Å². The molecular weight excluding hydrogens is 270 g/mol. The van der Waals surface area contributed by atoms with E-state index in [-0.39, 0.29) is 18.4 Å². The van der Waals surface area contributed by atoms with Crippen LogP contribution < -0.4 is 15.8 Å². The molecule has 0 aliphatic carbocycles. The number of carbonyl (C=O) groups excluding carboxylic acids is 2. The molecule has 0 unspecified atom stereocenters. The average molecular weight is 293 g/mol. The Balaban J connectivity index is 2.65. The Morgan fingerprint density at radius 2 is 2.05 bits per heavy atom. The van der Waals surface area contributed by atoms with Crippen LogP contribution in [0.5, 0.6) is 5.75 Å². The van der Waals surface area contributed by atoms with Crippen LogP contribution in [0.25, 0.3) is 0 Å². The van der Waals surface area contributed by atoms with E-state index in [0.29, 0.717) is 29.5 Å². The molecule has 0 radical (unpaired) electrons. The lowest BCUT2D eigenvalue weighted by Crippen LogP contribution is -2.39. The number of amides is 2. The Hall–Kier alpha value is -2.24. The SMILES string of the molecule is COc1ccc(C(=O)N(C)CC(=O)NCC(C)C)cc1N. The highest BCUT2D eigenvalue weighted by atomic mass is 16.5. The lowest BCUT2D eigenvalue weighted by atomic mass is 10.1. The lowest BCUT2D eigenvalue weighted by molar-refractivity contribution is -0.121.